The van der Waals surface area contributed by atoms with Crippen LogP contribution in [0, 0.1) is 0 Å². The molecule has 0 radical (unpaired) electrons. The van der Waals surface area contributed by atoms with Gasteiger partial charge in [-0.3, -0.25) is 4.79 Å². The Kier molecular flexibility index (Phi) is 34.6. The molecule has 0 aliphatic carbocycles. The van der Waals surface area contributed by atoms with Crippen LogP contribution in [0.3, 0.4) is 0 Å². The molecule has 0 fully saturated rings. The summed E-state index contributed by atoms with van der Waals surface area (Å²) in [6, 6.07) is 0. The molecule has 2 nitrogen and oxygen atoms in total. The monoisotopic (exact) mass is 159 g/mol. The topological polar surface area (TPSA) is 29.1 Å². The number of carbonyl (C=O) groups excluding carboxylic acids is 1. The first-order chi connectivity index (χ1) is 5.27. The van der Waals surface area contributed by atoms with Crippen LogP contribution in [-0.2, 0) is 4.79 Å². The predicted molar refractivity (Wildman–Crippen MR) is 51.6 cm³/mol. The average Bonchev–Trinajstić information content (AvgIpc) is 2.08. The van der Waals surface area contributed by atoms with Crippen LogP contribution in [0.4, 0.5) is 0 Å². The molecular formula is C9H21NO. The van der Waals surface area contributed by atoms with Crippen LogP contribution in [0.2, 0.25) is 0 Å². The number of hydrogen-bond acceptors (Lipinski definition) is 2. The summed E-state index contributed by atoms with van der Waals surface area (Å²) in [7, 11) is 1.75. The van der Waals surface area contributed by atoms with Crippen molar-refractivity contribution >= 4 is 5.78 Å². The summed E-state index contributed by atoms with van der Waals surface area (Å²) in [4.78, 5) is 10.1. The van der Waals surface area contributed by atoms with E-state index >= 15 is 0 Å². The van der Waals surface area contributed by atoms with Gasteiger partial charge in [0.1, 0.15) is 0 Å². The van der Waals surface area contributed by atoms with Crippen LogP contribution in [0.25, 0.3) is 0 Å². The molecule has 0 saturated carbocycles. The lowest BCUT2D eigenvalue weighted by Gasteiger charge is -1.79. The standard InChI is InChI=1S/C5H9NO.2C2H6/c1-5(7)3-4-6-2;2*1-2/h3-4,6H,1-2H3;2*1-2H3/b4-3-;;. The second kappa shape index (κ2) is 22.9. The molecule has 0 aliphatic rings. The first-order valence-electron chi connectivity index (χ1n) is 4.11. The highest BCUT2D eigenvalue weighted by atomic mass is 16.1. The van der Waals surface area contributed by atoms with E-state index in [1.807, 2.05) is 27.7 Å². The Morgan fingerprint density at radius 2 is 1.55 bits per heavy atom. The zero-order valence-electron chi connectivity index (χ0n) is 8.56. The number of ketones is 1. The normalized spacial score (nSPS) is 7.09. The molecule has 0 aromatic heterocycles. The lowest BCUT2D eigenvalue weighted by atomic mass is 10.4. The maximum atomic E-state index is 10.1. The van der Waals surface area contributed by atoms with Gasteiger partial charge in [-0.15, -0.1) is 0 Å². The molecule has 0 bridgehead atoms. The second-order valence-electron chi connectivity index (χ2n) is 1.23. The Balaban J connectivity index is -0.000000138. The van der Waals surface area contributed by atoms with E-state index in [1.54, 1.807) is 13.2 Å². The predicted octanol–water partition coefficient (Wildman–Crippen LogP) is 2.36. The molecule has 0 atom stereocenters. The van der Waals surface area contributed by atoms with Crippen molar-refractivity contribution in [2.75, 3.05) is 7.05 Å². The molecule has 1 N–H and O–H groups in total. The van der Waals surface area contributed by atoms with Gasteiger partial charge < -0.3 is 5.32 Å². The van der Waals surface area contributed by atoms with Gasteiger partial charge in [-0.05, 0) is 19.2 Å². The Morgan fingerprint density at radius 3 is 1.64 bits per heavy atom. The van der Waals surface area contributed by atoms with E-state index < -0.39 is 0 Å². The number of rotatable bonds is 2. The Bertz CT molecular complexity index is 87.6. The highest BCUT2D eigenvalue weighted by Crippen LogP contribution is 1.67. The smallest absolute Gasteiger partial charge is 0.154 e. The summed E-state index contributed by atoms with van der Waals surface area (Å²) >= 11 is 0. The van der Waals surface area contributed by atoms with Crippen molar-refractivity contribution in [3.63, 3.8) is 0 Å². The van der Waals surface area contributed by atoms with E-state index in [0.29, 0.717) is 0 Å². The number of carbonyl (C=O) groups is 1. The molecular weight excluding hydrogens is 138 g/mol. The van der Waals surface area contributed by atoms with Crippen LogP contribution in [0.5, 0.6) is 0 Å². The molecule has 0 heterocycles. The fourth-order valence-corrected chi connectivity index (χ4v) is 0.201. The first-order valence-corrected chi connectivity index (χ1v) is 4.11. The molecule has 0 unspecified atom stereocenters. The molecule has 2 heteroatoms. The minimum atomic E-state index is 0.0642. The third-order valence-electron chi connectivity index (χ3n) is 0.485. The lowest BCUT2D eigenvalue weighted by Crippen LogP contribution is -1.93. The molecule has 68 valence electrons. The Labute approximate surface area is 70.7 Å². The van der Waals surface area contributed by atoms with Crippen LogP contribution in [-0.4, -0.2) is 12.8 Å². The van der Waals surface area contributed by atoms with Crippen LogP contribution in [0.15, 0.2) is 12.3 Å². The molecule has 0 rings (SSSR count). The SMILES string of the molecule is CC.CC.CN/C=C\C(C)=O. The third kappa shape index (κ3) is 46.5. The van der Waals surface area contributed by atoms with E-state index in [-0.39, 0.29) is 5.78 Å². The fraction of sp³-hybridized carbons (Fsp3) is 0.667. The molecule has 0 aliphatic heterocycles. The van der Waals surface area contributed by atoms with E-state index in [0.717, 1.165) is 0 Å². The van der Waals surface area contributed by atoms with Crippen molar-refractivity contribution in [3.8, 4) is 0 Å². The molecule has 0 saturated heterocycles. The van der Waals surface area contributed by atoms with E-state index in [2.05, 4.69) is 5.32 Å². The van der Waals surface area contributed by atoms with Crippen molar-refractivity contribution in [1.82, 2.24) is 5.32 Å². The van der Waals surface area contributed by atoms with Crippen molar-refractivity contribution < 1.29 is 4.79 Å². The summed E-state index contributed by atoms with van der Waals surface area (Å²) in [6.45, 7) is 9.51. The minimum Gasteiger partial charge on any atom is -0.394 e. The van der Waals surface area contributed by atoms with Crippen molar-refractivity contribution in [3.05, 3.63) is 12.3 Å². The van der Waals surface area contributed by atoms with Crippen molar-refractivity contribution in [1.29, 1.82) is 0 Å². The summed E-state index contributed by atoms with van der Waals surface area (Å²) in [6.07, 6.45) is 3.07. The largest absolute Gasteiger partial charge is 0.394 e. The van der Waals surface area contributed by atoms with Gasteiger partial charge in [-0.1, -0.05) is 27.7 Å². The van der Waals surface area contributed by atoms with Gasteiger partial charge in [-0.25, -0.2) is 0 Å². The Morgan fingerprint density at radius 1 is 1.18 bits per heavy atom. The number of hydrogen-bond donors (Lipinski definition) is 1. The summed E-state index contributed by atoms with van der Waals surface area (Å²) < 4.78 is 0. The number of allylic oxidation sites excluding steroid dienone is 1. The highest BCUT2D eigenvalue weighted by Gasteiger charge is 1.75. The second-order valence-corrected chi connectivity index (χ2v) is 1.23. The maximum absolute atomic E-state index is 10.1. The molecule has 0 amide bonds. The summed E-state index contributed by atoms with van der Waals surface area (Å²) in [5.74, 6) is 0.0642. The number of nitrogens with one attached hydrogen (secondary N) is 1. The van der Waals surface area contributed by atoms with Gasteiger partial charge in [0.15, 0.2) is 5.78 Å². The zero-order chi connectivity index (χ0) is 9.70. The van der Waals surface area contributed by atoms with Gasteiger partial charge in [0.05, 0.1) is 0 Å². The van der Waals surface area contributed by atoms with E-state index in [9.17, 15) is 4.79 Å². The quantitative estimate of drug-likeness (QED) is 0.627. The minimum absolute atomic E-state index is 0.0642. The zero-order valence-corrected chi connectivity index (χ0v) is 8.56. The van der Waals surface area contributed by atoms with Gasteiger partial charge in [-0.2, -0.15) is 0 Å². The van der Waals surface area contributed by atoms with Crippen LogP contribution in [0.1, 0.15) is 34.6 Å². The Hall–Kier alpha value is -0.790. The molecule has 0 spiro atoms. The van der Waals surface area contributed by atoms with Gasteiger partial charge in [0.2, 0.25) is 0 Å². The highest BCUT2D eigenvalue weighted by molar-refractivity contribution is 5.87. The maximum Gasteiger partial charge on any atom is 0.154 e. The van der Waals surface area contributed by atoms with Gasteiger partial charge in [0, 0.05) is 7.05 Å². The van der Waals surface area contributed by atoms with Crippen LogP contribution >= 0.6 is 0 Å². The summed E-state index contributed by atoms with van der Waals surface area (Å²) in [5, 5.41) is 2.70. The van der Waals surface area contributed by atoms with Gasteiger partial charge in [0.25, 0.3) is 0 Å². The fourth-order valence-electron chi connectivity index (χ4n) is 0.201. The lowest BCUT2D eigenvalue weighted by molar-refractivity contribution is -0.112. The summed E-state index contributed by atoms with van der Waals surface area (Å²) in [5.41, 5.74) is 0. The first kappa shape index (κ1) is 16.7. The van der Waals surface area contributed by atoms with Crippen molar-refractivity contribution in [2.45, 2.75) is 34.6 Å². The molecule has 11 heavy (non-hydrogen) atoms. The van der Waals surface area contributed by atoms with E-state index in [1.165, 1.54) is 13.0 Å². The molecule has 0 aromatic carbocycles. The van der Waals surface area contributed by atoms with Crippen molar-refractivity contribution in [2.24, 2.45) is 0 Å². The third-order valence-corrected chi connectivity index (χ3v) is 0.485. The van der Waals surface area contributed by atoms with Gasteiger partial charge >= 0.3 is 0 Å². The van der Waals surface area contributed by atoms with Crippen LogP contribution < -0.4 is 5.32 Å². The van der Waals surface area contributed by atoms with E-state index in [4.69, 9.17) is 0 Å². The average molecular weight is 159 g/mol. The molecule has 0 aromatic rings.